The molecule has 1 aromatic heterocycles. The summed E-state index contributed by atoms with van der Waals surface area (Å²) >= 11 is 0. The van der Waals surface area contributed by atoms with Crippen molar-refractivity contribution >= 4 is 28.4 Å². The first kappa shape index (κ1) is 10.7. The van der Waals surface area contributed by atoms with E-state index in [9.17, 15) is 4.79 Å². The summed E-state index contributed by atoms with van der Waals surface area (Å²) in [5.74, 6) is -0.0808. The molecule has 4 heteroatoms. The van der Waals surface area contributed by atoms with E-state index in [2.05, 4.69) is 10.3 Å². The van der Waals surface area contributed by atoms with Crippen molar-refractivity contribution in [1.29, 1.82) is 0 Å². The lowest BCUT2D eigenvalue weighted by molar-refractivity contribution is -0.110. The van der Waals surface area contributed by atoms with Gasteiger partial charge in [-0.05, 0) is 42.8 Å². The minimum atomic E-state index is -0.0808. The number of carbonyl (C=O) groups excluding carboxylic acids is 1. The van der Waals surface area contributed by atoms with E-state index in [1.165, 1.54) is 0 Å². The predicted molar refractivity (Wildman–Crippen MR) is 72.8 cm³/mol. The second-order valence-electron chi connectivity index (χ2n) is 4.34. The summed E-state index contributed by atoms with van der Waals surface area (Å²) in [5, 5.41) is 2.85. The van der Waals surface area contributed by atoms with Gasteiger partial charge in [-0.3, -0.25) is 4.79 Å². The van der Waals surface area contributed by atoms with Crippen LogP contribution >= 0.6 is 0 Å². The number of hydrogen-bond donors (Lipinski definition) is 3. The largest absolute Gasteiger partial charge is 0.399 e. The van der Waals surface area contributed by atoms with E-state index < -0.39 is 0 Å². The molecule has 0 bridgehead atoms. The van der Waals surface area contributed by atoms with Crippen LogP contribution in [0.5, 0.6) is 0 Å². The summed E-state index contributed by atoms with van der Waals surface area (Å²) in [4.78, 5) is 15.2. The highest BCUT2D eigenvalue weighted by Gasteiger charge is 2.26. The fourth-order valence-electron chi connectivity index (χ4n) is 2.26. The Hall–Kier alpha value is -2.49. The van der Waals surface area contributed by atoms with Crippen LogP contribution in [0.1, 0.15) is 18.2 Å². The third-order valence-corrected chi connectivity index (χ3v) is 3.17. The summed E-state index contributed by atoms with van der Waals surface area (Å²) in [6.07, 6.45) is 1.84. The smallest absolute Gasteiger partial charge is 0.256 e. The SMILES string of the molecule is C/C(=C1\C(=O)Nc2ccc(N)cc21)c1ccc[nH]1. The third-order valence-electron chi connectivity index (χ3n) is 3.17. The molecule has 3 rings (SSSR count). The van der Waals surface area contributed by atoms with Crippen LogP contribution in [0.25, 0.3) is 11.1 Å². The van der Waals surface area contributed by atoms with Crippen molar-refractivity contribution in [2.24, 2.45) is 0 Å². The number of nitrogens with two attached hydrogens (primary N) is 1. The van der Waals surface area contributed by atoms with Crippen LogP contribution in [-0.2, 0) is 4.79 Å². The fraction of sp³-hybridized carbons (Fsp3) is 0.0714. The minimum Gasteiger partial charge on any atom is -0.399 e. The van der Waals surface area contributed by atoms with E-state index in [1.54, 1.807) is 6.07 Å². The molecule has 0 spiro atoms. The molecule has 90 valence electrons. The summed E-state index contributed by atoms with van der Waals surface area (Å²) in [5.41, 5.74) is 10.7. The Kier molecular flexibility index (Phi) is 2.23. The molecule has 0 fully saturated rings. The zero-order valence-corrected chi connectivity index (χ0v) is 9.95. The Morgan fingerprint density at radius 3 is 2.83 bits per heavy atom. The van der Waals surface area contributed by atoms with E-state index in [-0.39, 0.29) is 5.91 Å². The Morgan fingerprint density at radius 2 is 2.11 bits per heavy atom. The van der Waals surface area contributed by atoms with Gasteiger partial charge in [0, 0.05) is 28.8 Å². The predicted octanol–water partition coefficient (Wildman–Crippen LogP) is 2.48. The number of hydrogen-bond acceptors (Lipinski definition) is 2. The van der Waals surface area contributed by atoms with Gasteiger partial charge in [0.1, 0.15) is 0 Å². The molecule has 4 nitrogen and oxygen atoms in total. The van der Waals surface area contributed by atoms with Crippen LogP contribution in [0.15, 0.2) is 36.5 Å². The van der Waals surface area contributed by atoms with Crippen molar-refractivity contribution in [3.8, 4) is 0 Å². The Labute approximate surface area is 105 Å². The highest BCUT2D eigenvalue weighted by molar-refractivity contribution is 6.36. The molecule has 1 amide bonds. The van der Waals surface area contributed by atoms with Crippen LogP contribution in [-0.4, -0.2) is 10.9 Å². The van der Waals surface area contributed by atoms with Crippen molar-refractivity contribution in [2.45, 2.75) is 6.92 Å². The number of nitrogens with one attached hydrogen (secondary N) is 2. The molecule has 0 atom stereocenters. The van der Waals surface area contributed by atoms with E-state index >= 15 is 0 Å². The van der Waals surface area contributed by atoms with E-state index in [1.807, 2.05) is 37.4 Å². The third kappa shape index (κ3) is 1.50. The highest BCUT2D eigenvalue weighted by atomic mass is 16.2. The molecular weight excluding hydrogens is 226 g/mol. The summed E-state index contributed by atoms with van der Waals surface area (Å²) in [6, 6.07) is 9.30. The number of fused-ring (bicyclic) bond motifs is 1. The Morgan fingerprint density at radius 1 is 1.28 bits per heavy atom. The molecular formula is C14H13N3O. The first-order valence-electron chi connectivity index (χ1n) is 5.72. The molecule has 1 aliphatic rings. The van der Waals surface area contributed by atoms with E-state index in [0.29, 0.717) is 11.3 Å². The van der Waals surface area contributed by atoms with Gasteiger partial charge in [0.2, 0.25) is 0 Å². The van der Waals surface area contributed by atoms with Crippen molar-refractivity contribution in [3.63, 3.8) is 0 Å². The van der Waals surface area contributed by atoms with Crippen LogP contribution in [0, 0.1) is 0 Å². The number of anilines is 2. The first-order valence-corrected chi connectivity index (χ1v) is 5.72. The number of allylic oxidation sites excluding steroid dienone is 1. The molecule has 4 N–H and O–H groups in total. The van der Waals surface area contributed by atoms with Gasteiger partial charge in [-0.2, -0.15) is 0 Å². The summed E-state index contributed by atoms with van der Waals surface area (Å²) in [6.45, 7) is 1.93. The average Bonchev–Trinajstić information content (AvgIpc) is 2.94. The molecule has 18 heavy (non-hydrogen) atoms. The molecule has 2 aromatic rings. The second kappa shape index (κ2) is 3.77. The number of amides is 1. The maximum atomic E-state index is 12.1. The van der Waals surface area contributed by atoms with Gasteiger partial charge in [-0.1, -0.05) is 0 Å². The quantitative estimate of drug-likeness (QED) is 0.528. The Balaban J connectivity index is 2.23. The lowest BCUT2D eigenvalue weighted by atomic mass is 10.00. The maximum absolute atomic E-state index is 12.1. The molecule has 0 aliphatic carbocycles. The molecule has 2 heterocycles. The molecule has 0 radical (unpaired) electrons. The van der Waals surface area contributed by atoms with Crippen LogP contribution in [0.3, 0.4) is 0 Å². The van der Waals surface area contributed by atoms with Gasteiger partial charge in [-0.25, -0.2) is 0 Å². The van der Waals surface area contributed by atoms with Crippen molar-refractivity contribution in [2.75, 3.05) is 11.1 Å². The number of nitrogen functional groups attached to an aromatic ring is 1. The first-order chi connectivity index (χ1) is 8.66. The number of aromatic amines is 1. The van der Waals surface area contributed by atoms with Crippen molar-refractivity contribution in [1.82, 2.24) is 4.98 Å². The van der Waals surface area contributed by atoms with E-state index in [4.69, 9.17) is 5.73 Å². The van der Waals surface area contributed by atoms with Crippen molar-refractivity contribution < 1.29 is 4.79 Å². The standard InChI is InChI=1S/C14H13N3O/c1-8(11-3-2-6-16-11)13-10-7-9(15)4-5-12(10)17-14(13)18/h2-7,16H,15H2,1H3,(H,17,18)/b13-8+. The fourth-order valence-corrected chi connectivity index (χ4v) is 2.26. The number of H-pyrrole nitrogens is 1. The number of rotatable bonds is 1. The maximum Gasteiger partial charge on any atom is 0.256 e. The Bertz CT molecular complexity index is 654. The zero-order chi connectivity index (χ0) is 12.7. The van der Waals surface area contributed by atoms with Gasteiger partial charge < -0.3 is 16.0 Å². The zero-order valence-electron chi connectivity index (χ0n) is 9.95. The topological polar surface area (TPSA) is 70.9 Å². The van der Waals surface area contributed by atoms with Gasteiger partial charge in [0.05, 0.1) is 5.57 Å². The molecule has 1 aliphatic heterocycles. The molecule has 0 unspecified atom stereocenters. The second-order valence-corrected chi connectivity index (χ2v) is 4.34. The monoisotopic (exact) mass is 239 g/mol. The lowest BCUT2D eigenvalue weighted by Crippen LogP contribution is -2.05. The molecule has 0 saturated carbocycles. The highest BCUT2D eigenvalue weighted by Crippen LogP contribution is 2.37. The number of benzene rings is 1. The van der Waals surface area contributed by atoms with Crippen LogP contribution < -0.4 is 11.1 Å². The number of aromatic nitrogens is 1. The van der Waals surface area contributed by atoms with Gasteiger partial charge in [-0.15, -0.1) is 0 Å². The molecule has 1 aromatic carbocycles. The number of carbonyl (C=O) groups is 1. The van der Waals surface area contributed by atoms with Crippen LogP contribution in [0.2, 0.25) is 0 Å². The average molecular weight is 239 g/mol. The van der Waals surface area contributed by atoms with Crippen LogP contribution in [0.4, 0.5) is 11.4 Å². The van der Waals surface area contributed by atoms with E-state index in [0.717, 1.165) is 22.5 Å². The minimum absolute atomic E-state index is 0.0808. The lowest BCUT2D eigenvalue weighted by Gasteiger charge is -2.04. The molecule has 0 saturated heterocycles. The summed E-state index contributed by atoms with van der Waals surface area (Å²) in [7, 11) is 0. The van der Waals surface area contributed by atoms with Crippen molar-refractivity contribution in [3.05, 3.63) is 47.8 Å². The van der Waals surface area contributed by atoms with Gasteiger partial charge in [0.25, 0.3) is 5.91 Å². The summed E-state index contributed by atoms with van der Waals surface area (Å²) < 4.78 is 0. The van der Waals surface area contributed by atoms with Gasteiger partial charge >= 0.3 is 0 Å². The van der Waals surface area contributed by atoms with Gasteiger partial charge in [0.15, 0.2) is 0 Å². The normalized spacial score (nSPS) is 16.4.